The van der Waals surface area contributed by atoms with Crippen LogP contribution in [0, 0.1) is 5.82 Å². The van der Waals surface area contributed by atoms with Crippen molar-refractivity contribution in [3.05, 3.63) is 48.2 Å². The van der Waals surface area contributed by atoms with Gasteiger partial charge in [-0.05, 0) is 24.3 Å². The number of halogens is 1. The number of aromatic nitrogens is 2. The summed E-state index contributed by atoms with van der Waals surface area (Å²) in [6.07, 6.45) is 3.42. The first kappa shape index (κ1) is 11.2. The minimum Gasteiger partial charge on any atom is -0.469 e. The number of fused-ring (bicyclic) bond motifs is 1. The molecule has 18 heavy (non-hydrogen) atoms. The third-order valence-corrected chi connectivity index (χ3v) is 3.01. The van der Waals surface area contributed by atoms with E-state index in [0.29, 0.717) is 13.1 Å². The summed E-state index contributed by atoms with van der Waals surface area (Å²) < 4.78 is 21.2. The van der Waals surface area contributed by atoms with Crippen LogP contribution in [0.25, 0.3) is 0 Å². The quantitative estimate of drug-likeness (QED) is 0.875. The second-order valence-corrected chi connectivity index (χ2v) is 4.31. The van der Waals surface area contributed by atoms with Crippen molar-refractivity contribution in [2.75, 3.05) is 6.54 Å². The first-order valence-corrected chi connectivity index (χ1v) is 5.95. The lowest BCUT2D eigenvalue weighted by atomic mass is 10.3. The van der Waals surface area contributed by atoms with Crippen LogP contribution >= 0.6 is 0 Å². The van der Waals surface area contributed by atoms with Crippen molar-refractivity contribution < 1.29 is 9.13 Å². The van der Waals surface area contributed by atoms with Crippen molar-refractivity contribution >= 4 is 0 Å². The molecule has 0 radical (unpaired) electrons. The fourth-order valence-electron chi connectivity index (χ4n) is 2.13. The van der Waals surface area contributed by atoms with Crippen LogP contribution in [0.3, 0.4) is 0 Å². The second kappa shape index (κ2) is 4.78. The van der Waals surface area contributed by atoms with Gasteiger partial charge in [-0.2, -0.15) is 0 Å². The van der Waals surface area contributed by atoms with Crippen LogP contribution in [-0.2, 0) is 13.1 Å². The molecule has 0 saturated heterocycles. The van der Waals surface area contributed by atoms with E-state index in [4.69, 9.17) is 4.74 Å². The summed E-state index contributed by atoms with van der Waals surface area (Å²) >= 11 is 0. The average molecular weight is 247 g/mol. The van der Waals surface area contributed by atoms with Gasteiger partial charge in [0.15, 0.2) is 5.82 Å². The van der Waals surface area contributed by atoms with Gasteiger partial charge in [-0.15, -0.1) is 0 Å². The van der Waals surface area contributed by atoms with Crippen LogP contribution in [0.4, 0.5) is 4.39 Å². The Morgan fingerprint density at radius 2 is 2.33 bits per heavy atom. The minimum absolute atomic E-state index is 0.0694. The summed E-state index contributed by atoms with van der Waals surface area (Å²) in [5.74, 6) is -0.352. The standard InChI is InChI=1S/C13H14FN3O/c14-12-4-1-5-16-13(12)18-11-8-15-7-10-3-2-6-17(10)9-11/h1-6,11,15H,7-9H2. The van der Waals surface area contributed by atoms with Crippen LogP contribution in [0.5, 0.6) is 5.88 Å². The lowest BCUT2D eigenvalue weighted by molar-refractivity contribution is 0.168. The smallest absolute Gasteiger partial charge is 0.250 e. The van der Waals surface area contributed by atoms with Crippen molar-refractivity contribution in [3.8, 4) is 5.88 Å². The molecule has 0 saturated carbocycles. The Morgan fingerprint density at radius 3 is 3.22 bits per heavy atom. The Hall–Kier alpha value is -1.88. The summed E-state index contributed by atoms with van der Waals surface area (Å²) in [6, 6.07) is 6.97. The van der Waals surface area contributed by atoms with E-state index in [9.17, 15) is 4.39 Å². The predicted octanol–water partition coefficient (Wildman–Crippen LogP) is 1.57. The van der Waals surface area contributed by atoms with Crippen LogP contribution in [0.1, 0.15) is 5.69 Å². The first-order valence-electron chi connectivity index (χ1n) is 5.95. The van der Waals surface area contributed by atoms with E-state index in [0.717, 1.165) is 6.54 Å². The van der Waals surface area contributed by atoms with Crippen molar-refractivity contribution in [1.82, 2.24) is 14.9 Å². The van der Waals surface area contributed by atoms with Gasteiger partial charge >= 0.3 is 0 Å². The normalized spacial score (nSPS) is 19.1. The van der Waals surface area contributed by atoms with Gasteiger partial charge in [0.1, 0.15) is 6.10 Å². The topological polar surface area (TPSA) is 39.1 Å². The number of rotatable bonds is 2. The summed E-state index contributed by atoms with van der Waals surface area (Å²) in [5, 5.41) is 3.28. The maximum absolute atomic E-state index is 13.5. The molecule has 1 aliphatic heterocycles. The van der Waals surface area contributed by atoms with Gasteiger partial charge in [0.05, 0.1) is 6.54 Å². The minimum atomic E-state index is -0.422. The third kappa shape index (κ3) is 2.22. The largest absolute Gasteiger partial charge is 0.469 e. The molecule has 0 spiro atoms. The van der Waals surface area contributed by atoms with Crippen LogP contribution in [-0.4, -0.2) is 22.2 Å². The van der Waals surface area contributed by atoms with Gasteiger partial charge in [0.25, 0.3) is 5.88 Å². The molecule has 0 amide bonds. The number of pyridine rings is 1. The number of nitrogens with one attached hydrogen (secondary N) is 1. The number of ether oxygens (including phenoxy) is 1. The molecule has 94 valence electrons. The lowest BCUT2D eigenvalue weighted by Crippen LogP contribution is -2.31. The Morgan fingerprint density at radius 1 is 1.39 bits per heavy atom. The van der Waals surface area contributed by atoms with Gasteiger partial charge in [-0.25, -0.2) is 9.37 Å². The zero-order valence-electron chi connectivity index (χ0n) is 9.84. The molecule has 1 unspecified atom stereocenters. The van der Waals surface area contributed by atoms with Crippen molar-refractivity contribution in [1.29, 1.82) is 0 Å². The van der Waals surface area contributed by atoms with Gasteiger partial charge < -0.3 is 14.6 Å². The van der Waals surface area contributed by atoms with Gasteiger partial charge in [0.2, 0.25) is 0 Å². The maximum Gasteiger partial charge on any atom is 0.250 e. The van der Waals surface area contributed by atoms with E-state index >= 15 is 0 Å². The molecule has 5 heteroatoms. The Bertz CT molecular complexity index is 541. The van der Waals surface area contributed by atoms with E-state index in [-0.39, 0.29) is 12.0 Å². The highest BCUT2D eigenvalue weighted by atomic mass is 19.1. The summed E-state index contributed by atoms with van der Waals surface area (Å²) in [4.78, 5) is 3.91. The fourth-order valence-corrected chi connectivity index (χ4v) is 2.13. The Balaban J connectivity index is 1.76. The van der Waals surface area contributed by atoms with Crippen LogP contribution in [0.15, 0.2) is 36.7 Å². The van der Waals surface area contributed by atoms with Crippen molar-refractivity contribution in [3.63, 3.8) is 0 Å². The monoisotopic (exact) mass is 247 g/mol. The molecule has 0 aliphatic carbocycles. The molecule has 2 aromatic rings. The predicted molar refractivity (Wildman–Crippen MR) is 64.7 cm³/mol. The molecule has 3 rings (SSSR count). The zero-order valence-corrected chi connectivity index (χ0v) is 9.84. The molecule has 2 aromatic heterocycles. The highest BCUT2D eigenvalue weighted by molar-refractivity contribution is 5.14. The number of hydrogen-bond acceptors (Lipinski definition) is 3. The van der Waals surface area contributed by atoms with Gasteiger partial charge in [-0.3, -0.25) is 0 Å². The highest BCUT2D eigenvalue weighted by Gasteiger charge is 2.18. The molecular formula is C13H14FN3O. The molecular weight excluding hydrogens is 233 g/mol. The Labute approximate surface area is 104 Å². The van der Waals surface area contributed by atoms with Gasteiger partial charge in [0, 0.05) is 31.2 Å². The SMILES string of the molecule is Fc1cccnc1OC1CNCc2cccn2C1. The molecule has 1 N–H and O–H groups in total. The molecule has 0 aromatic carbocycles. The average Bonchev–Trinajstić information content (AvgIpc) is 2.71. The van der Waals surface area contributed by atoms with E-state index in [1.807, 2.05) is 12.3 Å². The number of nitrogens with zero attached hydrogens (tertiary/aromatic N) is 2. The Kier molecular flexibility index (Phi) is 2.98. The zero-order chi connectivity index (χ0) is 12.4. The van der Waals surface area contributed by atoms with Crippen LogP contribution < -0.4 is 10.1 Å². The molecule has 1 atom stereocenters. The van der Waals surface area contributed by atoms with Gasteiger partial charge in [-0.1, -0.05) is 0 Å². The first-order chi connectivity index (χ1) is 8.83. The van der Waals surface area contributed by atoms with E-state index in [1.165, 1.54) is 18.0 Å². The summed E-state index contributed by atoms with van der Waals surface area (Å²) in [6.45, 7) is 2.18. The lowest BCUT2D eigenvalue weighted by Gasteiger charge is -2.17. The molecule has 1 aliphatic rings. The maximum atomic E-state index is 13.5. The summed E-state index contributed by atoms with van der Waals surface area (Å²) in [5.41, 5.74) is 1.21. The molecule has 0 bridgehead atoms. The molecule has 4 nitrogen and oxygen atoms in total. The number of hydrogen-bond donors (Lipinski definition) is 1. The van der Waals surface area contributed by atoms with Crippen LogP contribution in [0.2, 0.25) is 0 Å². The fraction of sp³-hybridized carbons (Fsp3) is 0.308. The highest BCUT2D eigenvalue weighted by Crippen LogP contribution is 2.16. The molecule has 0 fully saturated rings. The van der Waals surface area contributed by atoms with E-state index in [1.54, 1.807) is 6.07 Å². The molecule has 3 heterocycles. The van der Waals surface area contributed by atoms with Crippen molar-refractivity contribution in [2.24, 2.45) is 0 Å². The van der Waals surface area contributed by atoms with E-state index < -0.39 is 5.82 Å². The van der Waals surface area contributed by atoms with E-state index in [2.05, 4.69) is 20.9 Å². The van der Waals surface area contributed by atoms with Crippen molar-refractivity contribution in [2.45, 2.75) is 19.2 Å². The third-order valence-electron chi connectivity index (χ3n) is 3.01. The summed E-state index contributed by atoms with van der Waals surface area (Å²) in [7, 11) is 0. The second-order valence-electron chi connectivity index (χ2n) is 4.31.